The van der Waals surface area contributed by atoms with Crippen LogP contribution in [-0.2, 0) is 4.74 Å². The minimum absolute atomic E-state index is 0.182. The van der Waals surface area contributed by atoms with E-state index >= 15 is 0 Å². The lowest BCUT2D eigenvalue weighted by atomic mass is 10.0. The maximum Gasteiger partial charge on any atom is 0.410 e. The van der Waals surface area contributed by atoms with Gasteiger partial charge in [-0.2, -0.15) is 0 Å². The number of aliphatic hydroxyl groups is 1. The summed E-state index contributed by atoms with van der Waals surface area (Å²) in [6.45, 7) is 7.17. The molecule has 5 nitrogen and oxygen atoms in total. The minimum atomic E-state index is -0.432. The Kier molecular flexibility index (Phi) is 5.15. The molecule has 0 bridgehead atoms. The average Bonchev–Trinajstić information content (AvgIpc) is 2.82. The van der Waals surface area contributed by atoms with Gasteiger partial charge in [-0.3, -0.25) is 4.90 Å². The average molecular weight is 298 g/mol. The van der Waals surface area contributed by atoms with Crippen LogP contribution >= 0.6 is 0 Å². The molecule has 122 valence electrons. The molecule has 1 heterocycles. The molecule has 1 aliphatic heterocycles. The lowest BCUT2D eigenvalue weighted by Crippen LogP contribution is -2.51. The standard InChI is InChI=1S/C16H30N2O3/c1-16(2,3)21-15(20)18-10-8-12(9-11-18)17(4)13-6-5-7-14(13)19/h12-14,19H,5-11H2,1-4H3/t13-,14-/m1/s1. The number of amides is 1. The number of aliphatic hydroxyl groups excluding tert-OH is 1. The molecule has 0 aromatic rings. The monoisotopic (exact) mass is 298 g/mol. The summed E-state index contributed by atoms with van der Waals surface area (Å²) < 4.78 is 5.42. The van der Waals surface area contributed by atoms with E-state index in [1.807, 2.05) is 20.8 Å². The Bertz CT molecular complexity index is 359. The van der Waals surface area contributed by atoms with Crippen molar-refractivity contribution < 1.29 is 14.6 Å². The van der Waals surface area contributed by atoms with Crippen molar-refractivity contribution in [1.29, 1.82) is 0 Å². The predicted octanol–water partition coefficient (Wildman–Crippen LogP) is 2.23. The summed E-state index contributed by atoms with van der Waals surface area (Å²) in [4.78, 5) is 16.2. The van der Waals surface area contributed by atoms with Crippen LogP contribution in [0.3, 0.4) is 0 Å². The zero-order valence-corrected chi connectivity index (χ0v) is 13.8. The van der Waals surface area contributed by atoms with Crippen LogP contribution in [0, 0.1) is 0 Å². The van der Waals surface area contributed by atoms with Crippen molar-refractivity contribution in [2.45, 2.75) is 76.7 Å². The Morgan fingerprint density at radius 3 is 2.29 bits per heavy atom. The van der Waals surface area contributed by atoms with E-state index in [2.05, 4.69) is 11.9 Å². The van der Waals surface area contributed by atoms with Gasteiger partial charge in [0, 0.05) is 25.2 Å². The maximum absolute atomic E-state index is 12.0. The highest BCUT2D eigenvalue weighted by Crippen LogP contribution is 2.28. The van der Waals surface area contributed by atoms with Crippen LogP contribution in [0.4, 0.5) is 4.79 Å². The fraction of sp³-hybridized carbons (Fsp3) is 0.938. The first-order chi connectivity index (χ1) is 9.78. The number of hydrogen-bond donors (Lipinski definition) is 1. The number of carbonyl (C=O) groups is 1. The Morgan fingerprint density at radius 2 is 1.81 bits per heavy atom. The zero-order chi connectivity index (χ0) is 15.6. The molecule has 0 spiro atoms. The van der Waals surface area contributed by atoms with Crippen molar-refractivity contribution in [3.63, 3.8) is 0 Å². The third-order valence-corrected chi connectivity index (χ3v) is 4.66. The maximum atomic E-state index is 12.0. The second kappa shape index (κ2) is 6.53. The molecule has 1 aliphatic carbocycles. The molecule has 0 aromatic carbocycles. The van der Waals surface area contributed by atoms with Crippen LogP contribution in [-0.4, -0.2) is 64.9 Å². The lowest BCUT2D eigenvalue weighted by Gasteiger charge is -2.40. The Hall–Kier alpha value is -0.810. The summed E-state index contributed by atoms with van der Waals surface area (Å²) in [5.41, 5.74) is -0.432. The van der Waals surface area contributed by atoms with Crippen LogP contribution in [0.2, 0.25) is 0 Å². The summed E-state index contributed by atoms with van der Waals surface area (Å²) in [6.07, 6.45) is 4.66. The minimum Gasteiger partial charge on any atom is -0.444 e. The third-order valence-electron chi connectivity index (χ3n) is 4.66. The molecule has 2 aliphatic rings. The van der Waals surface area contributed by atoms with Crippen molar-refractivity contribution in [3.05, 3.63) is 0 Å². The highest BCUT2D eigenvalue weighted by molar-refractivity contribution is 5.68. The summed E-state index contributed by atoms with van der Waals surface area (Å²) in [7, 11) is 2.12. The number of rotatable bonds is 2. The molecule has 5 heteroatoms. The fourth-order valence-electron chi connectivity index (χ4n) is 3.45. The van der Waals surface area contributed by atoms with Gasteiger partial charge in [0.05, 0.1) is 6.10 Å². The lowest BCUT2D eigenvalue weighted by molar-refractivity contribution is 0.00615. The Labute approximate surface area is 128 Å². The molecule has 0 radical (unpaired) electrons. The van der Waals surface area contributed by atoms with Crippen LogP contribution in [0.25, 0.3) is 0 Å². The summed E-state index contributed by atoms with van der Waals surface area (Å²) in [6, 6.07) is 0.754. The summed E-state index contributed by atoms with van der Waals surface area (Å²) in [5, 5.41) is 10.0. The number of nitrogens with zero attached hydrogens (tertiary/aromatic N) is 2. The van der Waals surface area contributed by atoms with E-state index in [0.717, 1.165) is 45.2 Å². The van der Waals surface area contributed by atoms with Gasteiger partial charge in [-0.05, 0) is 59.9 Å². The Morgan fingerprint density at radius 1 is 1.19 bits per heavy atom. The van der Waals surface area contributed by atoms with Crippen molar-refractivity contribution in [1.82, 2.24) is 9.80 Å². The van der Waals surface area contributed by atoms with E-state index in [0.29, 0.717) is 12.1 Å². The van der Waals surface area contributed by atoms with Crippen LogP contribution < -0.4 is 0 Å². The summed E-state index contributed by atoms with van der Waals surface area (Å²) >= 11 is 0. The number of likely N-dealkylation sites (tertiary alicyclic amines) is 1. The molecule has 0 unspecified atom stereocenters. The van der Waals surface area contributed by atoms with Crippen LogP contribution in [0.5, 0.6) is 0 Å². The number of ether oxygens (including phenoxy) is 1. The van der Waals surface area contributed by atoms with Crippen molar-refractivity contribution in [2.75, 3.05) is 20.1 Å². The normalized spacial score (nSPS) is 28.2. The molecular formula is C16H30N2O3. The molecule has 2 atom stereocenters. The van der Waals surface area contributed by atoms with E-state index in [1.54, 1.807) is 4.90 Å². The van der Waals surface area contributed by atoms with Crippen molar-refractivity contribution in [2.24, 2.45) is 0 Å². The second-order valence-corrected chi connectivity index (χ2v) is 7.43. The topological polar surface area (TPSA) is 53.0 Å². The summed E-state index contributed by atoms with van der Waals surface area (Å²) in [5.74, 6) is 0. The largest absolute Gasteiger partial charge is 0.444 e. The van der Waals surface area contributed by atoms with Gasteiger partial charge < -0.3 is 14.7 Å². The molecular weight excluding hydrogens is 268 g/mol. The van der Waals surface area contributed by atoms with E-state index in [4.69, 9.17) is 4.74 Å². The van der Waals surface area contributed by atoms with Gasteiger partial charge in [-0.15, -0.1) is 0 Å². The van der Waals surface area contributed by atoms with Crippen LogP contribution in [0.15, 0.2) is 0 Å². The van der Waals surface area contributed by atoms with Gasteiger partial charge in [0.1, 0.15) is 5.60 Å². The van der Waals surface area contributed by atoms with Crippen molar-refractivity contribution in [3.8, 4) is 0 Å². The molecule has 21 heavy (non-hydrogen) atoms. The van der Waals surface area contributed by atoms with Gasteiger partial charge in [0.2, 0.25) is 0 Å². The molecule has 1 amide bonds. The quantitative estimate of drug-likeness (QED) is 0.849. The van der Waals surface area contributed by atoms with E-state index in [-0.39, 0.29) is 12.2 Å². The van der Waals surface area contributed by atoms with E-state index in [1.165, 1.54) is 0 Å². The fourth-order valence-corrected chi connectivity index (χ4v) is 3.45. The van der Waals surface area contributed by atoms with E-state index < -0.39 is 5.60 Å². The number of hydrogen-bond acceptors (Lipinski definition) is 4. The Balaban J connectivity index is 1.81. The highest BCUT2D eigenvalue weighted by Gasteiger charge is 2.35. The molecule has 0 aromatic heterocycles. The molecule has 1 saturated heterocycles. The zero-order valence-electron chi connectivity index (χ0n) is 13.8. The molecule has 1 N–H and O–H groups in total. The third kappa shape index (κ3) is 4.33. The number of carbonyl (C=O) groups excluding carboxylic acids is 1. The van der Waals surface area contributed by atoms with E-state index in [9.17, 15) is 9.90 Å². The van der Waals surface area contributed by atoms with Crippen molar-refractivity contribution >= 4 is 6.09 Å². The SMILES string of the molecule is CN(C1CCN(C(=O)OC(C)(C)C)CC1)[C@@H]1CCC[C@H]1O. The first-order valence-electron chi connectivity index (χ1n) is 8.16. The second-order valence-electron chi connectivity index (χ2n) is 7.43. The molecule has 2 fully saturated rings. The number of likely N-dealkylation sites (N-methyl/N-ethyl adjacent to an activating group) is 1. The van der Waals surface area contributed by atoms with Gasteiger partial charge in [-0.1, -0.05) is 0 Å². The molecule has 1 saturated carbocycles. The first-order valence-corrected chi connectivity index (χ1v) is 8.16. The number of piperidine rings is 1. The smallest absolute Gasteiger partial charge is 0.410 e. The van der Waals surface area contributed by atoms with Gasteiger partial charge in [0.25, 0.3) is 0 Å². The van der Waals surface area contributed by atoms with Crippen LogP contribution in [0.1, 0.15) is 52.9 Å². The van der Waals surface area contributed by atoms with Gasteiger partial charge in [-0.25, -0.2) is 4.79 Å². The highest BCUT2D eigenvalue weighted by atomic mass is 16.6. The van der Waals surface area contributed by atoms with Gasteiger partial charge >= 0.3 is 6.09 Å². The van der Waals surface area contributed by atoms with Gasteiger partial charge in [0.15, 0.2) is 0 Å². The molecule has 2 rings (SSSR count). The predicted molar refractivity (Wildman–Crippen MR) is 82.2 cm³/mol. The first kappa shape index (κ1) is 16.6.